The van der Waals surface area contributed by atoms with Gasteiger partial charge >= 0.3 is 0 Å². The number of hydrogen-bond acceptors (Lipinski definition) is 2. The Morgan fingerprint density at radius 1 is 1.07 bits per heavy atom. The lowest BCUT2D eigenvalue weighted by Crippen LogP contribution is -2.17. The fourth-order valence-electron chi connectivity index (χ4n) is 1.52. The van der Waals surface area contributed by atoms with E-state index in [1.807, 2.05) is 13.8 Å². The van der Waals surface area contributed by atoms with Gasteiger partial charge in [-0.25, -0.2) is 0 Å². The second-order valence-electron chi connectivity index (χ2n) is 3.59. The van der Waals surface area contributed by atoms with E-state index in [1.165, 1.54) is 24.9 Å². The Hall–Kier alpha value is 0.427. The molecule has 0 aliphatic heterocycles. The first kappa shape index (κ1) is 15.4. The molecule has 0 aromatic rings. The maximum absolute atomic E-state index is 5.63. The maximum atomic E-state index is 5.63. The Bertz CT molecular complexity index is 119. The Labute approximate surface area is 101 Å². The second kappa shape index (κ2) is 12.5. The molecule has 4 heteroatoms. The lowest BCUT2D eigenvalue weighted by Gasteiger charge is -2.16. The van der Waals surface area contributed by atoms with Crippen molar-refractivity contribution in [3.8, 4) is 0 Å². The van der Waals surface area contributed by atoms with Gasteiger partial charge in [0.05, 0.1) is 0 Å². The molecule has 0 fully saturated rings. The van der Waals surface area contributed by atoms with Crippen LogP contribution in [-0.2, 0) is 9.47 Å². The van der Waals surface area contributed by atoms with Crippen LogP contribution in [0.3, 0.4) is 0 Å². The number of rotatable bonds is 11. The molecular weight excluding hydrogens is 228 g/mol. The van der Waals surface area contributed by atoms with Crippen molar-refractivity contribution in [2.24, 2.45) is 0 Å². The zero-order valence-electron chi connectivity index (χ0n) is 10.1. The number of hydrogen-bond donors (Lipinski definition) is 0. The van der Waals surface area contributed by atoms with Gasteiger partial charge in [-0.05, 0) is 26.7 Å². The highest BCUT2D eigenvalue weighted by Gasteiger charge is 2.06. The van der Waals surface area contributed by atoms with Crippen molar-refractivity contribution < 1.29 is 9.47 Å². The van der Waals surface area contributed by atoms with Gasteiger partial charge in [0.2, 0.25) is 0 Å². The summed E-state index contributed by atoms with van der Waals surface area (Å²) in [5.74, 6) is 0.827. The highest BCUT2D eigenvalue weighted by molar-refractivity contribution is 6.35. The van der Waals surface area contributed by atoms with Gasteiger partial charge in [-0.15, -0.1) is 11.6 Å². The minimum atomic E-state index is 0.0297. The van der Waals surface area contributed by atoms with Gasteiger partial charge < -0.3 is 9.47 Å². The maximum Gasteiger partial charge on any atom is 0.157 e. The fourth-order valence-corrected chi connectivity index (χ4v) is 3.63. The zero-order valence-corrected chi connectivity index (χ0v) is 12.3. The van der Waals surface area contributed by atoms with Crippen LogP contribution in [0.15, 0.2) is 0 Å². The molecule has 0 atom stereocenters. The van der Waals surface area contributed by atoms with E-state index in [2.05, 4.69) is 0 Å². The summed E-state index contributed by atoms with van der Waals surface area (Å²) < 4.78 is 11.0. The van der Waals surface area contributed by atoms with Crippen LogP contribution < -0.4 is 0 Å². The standard InChI is InChI=1S/C11H25ClO2Si/c1-3-13-11(14-4-2)7-5-9-15-10-6-8-12/h11H,3-10,15H2,1-2H3. The molecule has 0 rings (SSSR count). The molecule has 15 heavy (non-hydrogen) atoms. The van der Waals surface area contributed by atoms with Crippen molar-refractivity contribution in [1.82, 2.24) is 0 Å². The molecule has 0 radical (unpaired) electrons. The van der Waals surface area contributed by atoms with E-state index in [0.717, 1.165) is 25.5 Å². The summed E-state index contributed by atoms with van der Waals surface area (Å²) >= 11 is 5.63. The summed E-state index contributed by atoms with van der Waals surface area (Å²) in [4.78, 5) is 0. The molecule has 0 saturated carbocycles. The SMILES string of the molecule is CCOC(CCC[SiH2]CCCCl)OCC. The van der Waals surface area contributed by atoms with Gasteiger partial charge in [-0.2, -0.15) is 0 Å². The number of ether oxygens (including phenoxy) is 2. The third-order valence-corrected chi connectivity index (χ3v) is 4.55. The molecule has 0 spiro atoms. The monoisotopic (exact) mass is 252 g/mol. The minimum absolute atomic E-state index is 0.0297. The molecule has 0 unspecified atom stereocenters. The summed E-state index contributed by atoms with van der Waals surface area (Å²) in [6, 6.07) is 2.78. The van der Waals surface area contributed by atoms with E-state index in [1.54, 1.807) is 0 Å². The van der Waals surface area contributed by atoms with Crippen molar-refractivity contribution in [3.05, 3.63) is 0 Å². The molecule has 0 aliphatic rings. The molecule has 2 nitrogen and oxygen atoms in total. The third kappa shape index (κ3) is 10.7. The molecule has 0 heterocycles. The Morgan fingerprint density at radius 2 is 1.67 bits per heavy atom. The summed E-state index contributed by atoms with van der Waals surface area (Å²) in [7, 11) is 0.134. The van der Waals surface area contributed by atoms with Gasteiger partial charge in [-0.3, -0.25) is 0 Å². The first-order valence-corrected chi connectivity index (χ1v) is 8.67. The van der Waals surface area contributed by atoms with E-state index in [-0.39, 0.29) is 15.8 Å². The van der Waals surface area contributed by atoms with Gasteiger partial charge in [0, 0.05) is 28.6 Å². The van der Waals surface area contributed by atoms with Crippen molar-refractivity contribution in [2.75, 3.05) is 19.1 Å². The Morgan fingerprint density at radius 3 is 2.20 bits per heavy atom. The average molecular weight is 253 g/mol. The molecule has 0 amide bonds. The summed E-state index contributed by atoms with van der Waals surface area (Å²) in [6.45, 7) is 5.52. The fraction of sp³-hybridized carbons (Fsp3) is 1.00. The summed E-state index contributed by atoms with van der Waals surface area (Å²) in [5, 5.41) is 0. The van der Waals surface area contributed by atoms with Crippen LogP contribution in [-0.4, -0.2) is 34.9 Å². The molecule has 0 saturated heterocycles. The normalized spacial score (nSPS) is 12.0. The Kier molecular flexibility index (Phi) is 12.9. The topological polar surface area (TPSA) is 18.5 Å². The molecule has 0 N–H and O–H groups in total. The van der Waals surface area contributed by atoms with Crippen molar-refractivity contribution in [3.63, 3.8) is 0 Å². The van der Waals surface area contributed by atoms with Crippen LogP contribution >= 0.6 is 11.6 Å². The highest BCUT2D eigenvalue weighted by atomic mass is 35.5. The van der Waals surface area contributed by atoms with Crippen LogP contribution in [0, 0.1) is 0 Å². The largest absolute Gasteiger partial charge is 0.353 e. The lowest BCUT2D eigenvalue weighted by atomic mass is 10.3. The molecule has 0 aliphatic carbocycles. The number of alkyl halides is 1. The van der Waals surface area contributed by atoms with E-state index < -0.39 is 0 Å². The van der Waals surface area contributed by atoms with E-state index in [4.69, 9.17) is 21.1 Å². The molecular formula is C11H25ClO2Si. The zero-order chi connectivity index (χ0) is 11.4. The smallest absolute Gasteiger partial charge is 0.157 e. The number of halogens is 1. The second-order valence-corrected chi connectivity index (χ2v) is 6.08. The van der Waals surface area contributed by atoms with Crippen molar-refractivity contribution in [2.45, 2.75) is 51.5 Å². The van der Waals surface area contributed by atoms with Gasteiger partial charge in [0.15, 0.2) is 6.29 Å². The summed E-state index contributed by atoms with van der Waals surface area (Å²) in [5.41, 5.74) is 0. The quantitative estimate of drug-likeness (QED) is 0.244. The van der Waals surface area contributed by atoms with Crippen LogP contribution in [0.5, 0.6) is 0 Å². The van der Waals surface area contributed by atoms with E-state index in [9.17, 15) is 0 Å². The molecule has 0 aromatic heterocycles. The molecule has 92 valence electrons. The average Bonchev–Trinajstić information content (AvgIpc) is 2.24. The first-order valence-electron chi connectivity index (χ1n) is 6.14. The lowest BCUT2D eigenvalue weighted by molar-refractivity contribution is -0.139. The first-order chi connectivity index (χ1) is 7.35. The van der Waals surface area contributed by atoms with Gasteiger partial charge in [-0.1, -0.05) is 18.5 Å². The van der Waals surface area contributed by atoms with Gasteiger partial charge in [0.1, 0.15) is 0 Å². The van der Waals surface area contributed by atoms with Crippen LogP contribution in [0.1, 0.15) is 33.1 Å². The predicted octanol–water partition coefficient (Wildman–Crippen LogP) is 2.80. The third-order valence-electron chi connectivity index (χ3n) is 2.28. The summed E-state index contributed by atoms with van der Waals surface area (Å²) in [6.07, 6.45) is 3.53. The van der Waals surface area contributed by atoms with Crippen molar-refractivity contribution >= 4 is 21.1 Å². The van der Waals surface area contributed by atoms with Crippen LogP contribution in [0.4, 0.5) is 0 Å². The highest BCUT2D eigenvalue weighted by Crippen LogP contribution is 2.08. The van der Waals surface area contributed by atoms with Gasteiger partial charge in [0.25, 0.3) is 0 Å². The Balaban J connectivity index is 3.28. The van der Waals surface area contributed by atoms with Crippen LogP contribution in [0.25, 0.3) is 0 Å². The van der Waals surface area contributed by atoms with Crippen molar-refractivity contribution in [1.29, 1.82) is 0 Å². The molecule has 0 bridgehead atoms. The van der Waals surface area contributed by atoms with E-state index >= 15 is 0 Å². The predicted molar refractivity (Wildman–Crippen MR) is 69.8 cm³/mol. The minimum Gasteiger partial charge on any atom is -0.353 e. The van der Waals surface area contributed by atoms with E-state index in [0.29, 0.717) is 0 Å². The van der Waals surface area contributed by atoms with Crippen LogP contribution in [0.2, 0.25) is 12.1 Å². The molecule has 0 aromatic carbocycles.